The van der Waals surface area contributed by atoms with Crippen LogP contribution in [0.2, 0.25) is 0 Å². The summed E-state index contributed by atoms with van der Waals surface area (Å²) < 4.78 is 59.8. The van der Waals surface area contributed by atoms with Crippen LogP contribution in [0.1, 0.15) is 0 Å². The summed E-state index contributed by atoms with van der Waals surface area (Å²) in [4.78, 5) is 0. The van der Waals surface area contributed by atoms with Gasteiger partial charge in [0.25, 0.3) is 0 Å². The van der Waals surface area contributed by atoms with Crippen molar-refractivity contribution in [3.05, 3.63) is 0 Å². The van der Waals surface area contributed by atoms with Crippen molar-refractivity contribution in [1.29, 1.82) is 0 Å². The topological polar surface area (TPSA) is 43.4 Å². The fourth-order valence-corrected chi connectivity index (χ4v) is 2.62. The van der Waals surface area contributed by atoms with Crippen molar-refractivity contribution in [2.24, 2.45) is 0 Å². The second-order valence-electron chi connectivity index (χ2n) is 1.93. The van der Waals surface area contributed by atoms with Crippen LogP contribution in [0.5, 0.6) is 0 Å². The Kier molecular flexibility index (Phi) is 5.19. The molecule has 0 aliphatic carbocycles. The zero-order chi connectivity index (χ0) is 10.7. The number of halogens is 5. The highest BCUT2D eigenvalue weighted by molar-refractivity contribution is 9.09. The average molecular weight is 350 g/mol. The molecule has 0 heterocycles. The molecule has 9 heteroatoms. The fraction of sp³-hybridized carbons (Fsp3) is 1.00. The molecular weight excluding hydrogens is 345 g/mol. The molecule has 0 bridgehead atoms. The predicted molar refractivity (Wildman–Crippen MR) is 47.4 cm³/mol. The maximum absolute atomic E-state index is 11.7. The number of hydrogen-bond donors (Lipinski definition) is 0. The molecule has 3 nitrogen and oxygen atoms in total. The van der Waals surface area contributed by atoms with Crippen LogP contribution in [0, 0.1) is 0 Å². The summed E-state index contributed by atoms with van der Waals surface area (Å²) in [6.45, 7) is 0. The predicted octanol–water partition coefficient (Wildman–Crippen LogP) is 2.01. The van der Waals surface area contributed by atoms with Crippen LogP contribution < -0.4 is 0 Å². The number of hydrogen-bond acceptors (Lipinski definition) is 3. The Morgan fingerprint density at radius 3 is 1.85 bits per heavy atom. The van der Waals surface area contributed by atoms with Gasteiger partial charge in [0.2, 0.25) is 0 Å². The summed E-state index contributed by atoms with van der Waals surface area (Å²) in [7, 11) is -5.48. The number of alkyl halides is 5. The van der Waals surface area contributed by atoms with E-state index in [9.17, 15) is 21.6 Å². The van der Waals surface area contributed by atoms with Gasteiger partial charge in [-0.05, 0) is 0 Å². The average Bonchev–Trinajstić information content (AvgIpc) is 1.98. The highest BCUT2D eigenvalue weighted by Crippen LogP contribution is 2.26. The van der Waals surface area contributed by atoms with Gasteiger partial charge in [-0.1, -0.05) is 31.9 Å². The SMILES string of the molecule is O=S(=O)(OC(CBr)CBr)C(F)(F)F. The van der Waals surface area contributed by atoms with E-state index in [0.717, 1.165) is 0 Å². The Morgan fingerprint density at radius 2 is 1.62 bits per heavy atom. The Morgan fingerprint density at radius 1 is 1.23 bits per heavy atom. The van der Waals surface area contributed by atoms with E-state index in [2.05, 4.69) is 36.0 Å². The minimum Gasteiger partial charge on any atom is -0.258 e. The second-order valence-corrected chi connectivity index (χ2v) is 4.79. The summed E-state index contributed by atoms with van der Waals surface area (Å²) in [5, 5.41) is -0.0128. The molecule has 0 aliphatic heterocycles. The van der Waals surface area contributed by atoms with Gasteiger partial charge < -0.3 is 0 Å². The summed E-state index contributed by atoms with van der Waals surface area (Å²) in [5.74, 6) is 0. The summed E-state index contributed by atoms with van der Waals surface area (Å²) in [6, 6.07) is 0. The zero-order valence-corrected chi connectivity index (χ0v) is 10.0. The number of rotatable bonds is 4. The van der Waals surface area contributed by atoms with Crippen molar-refractivity contribution in [2.45, 2.75) is 11.6 Å². The molecule has 0 aromatic heterocycles. The molecule has 0 N–H and O–H groups in total. The van der Waals surface area contributed by atoms with Crippen LogP contribution in [0.3, 0.4) is 0 Å². The van der Waals surface area contributed by atoms with Crippen molar-refractivity contribution in [2.75, 3.05) is 10.7 Å². The Hall–Kier alpha value is 0.660. The minimum absolute atomic E-state index is 0.00639. The van der Waals surface area contributed by atoms with Gasteiger partial charge in [0, 0.05) is 10.7 Å². The van der Waals surface area contributed by atoms with E-state index in [4.69, 9.17) is 0 Å². The molecule has 0 amide bonds. The van der Waals surface area contributed by atoms with Gasteiger partial charge >= 0.3 is 15.6 Å². The summed E-state index contributed by atoms with van der Waals surface area (Å²) in [5.41, 5.74) is -5.37. The Bertz CT molecular complexity index is 246. The maximum Gasteiger partial charge on any atom is 0.523 e. The van der Waals surface area contributed by atoms with Crippen molar-refractivity contribution >= 4 is 42.0 Å². The molecule has 0 saturated carbocycles. The Labute approximate surface area is 90.0 Å². The van der Waals surface area contributed by atoms with Crippen LogP contribution in [-0.4, -0.2) is 30.7 Å². The first-order valence-electron chi connectivity index (χ1n) is 2.86. The molecule has 0 atom stereocenters. The third-order valence-electron chi connectivity index (χ3n) is 0.890. The van der Waals surface area contributed by atoms with Crippen molar-refractivity contribution in [1.82, 2.24) is 0 Å². The van der Waals surface area contributed by atoms with Crippen LogP contribution in [0.25, 0.3) is 0 Å². The Balaban J connectivity index is 4.52. The van der Waals surface area contributed by atoms with Gasteiger partial charge in [-0.15, -0.1) is 0 Å². The largest absolute Gasteiger partial charge is 0.523 e. The highest BCUT2D eigenvalue weighted by atomic mass is 79.9. The van der Waals surface area contributed by atoms with E-state index in [1.54, 1.807) is 0 Å². The highest BCUT2D eigenvalue weighted by Gasteiger charge is 2.48. The monoisotopic (exact) mass is 348 g/mol. The van der Waals surface area contributed by atoms with Gasteiger partial charge in [-0.25, -0.2) is 0 Å². The first-order valence-corrected chi connectivity index (χ1v) is 6.51. The van der Waals surface area contributed by atoms with Gasteiger partial charge in [0.1, 0.15) is 0 Å². The van der Waals surface area contributed by atoms with E-state index in [1.165, 1.54) is 0 Å². The van der Waals surface area contributed by atoms with Gasteiger partial charge in [-0.2, -0.15) is 21.6 Å². The molecule has 0 aliphatic rings. The molecule has 0 saturated heterocycles. The van der Waals surface area contributed by atoms with Gasteiger partial charge in [0.05, 0.1) is 6.10 Å². The van der Waals surface area contributed by atoms with Crippen LogP contribution in [0.15, 0.2) is 0 Å². The van der Waals surface area contributed by atoms with Gasteiger partial charge in [-0.3, -0.25) is 4.18 Å². The smallest absolute Gasteiger partial charge is 0.258 e. The van der Waals surface area contributed by atoms with Crippen LogP contribution in [0.4, 0.5) is 13.2 Å². The summed E-state index contributed by atoms with van der Waals surface area (Å²) >= 11 is 5.62. The van der Waals surface area contributed by atoms with E-state index < -0.39 is 21.7 Å². The molecule has 0 aromatic rings. The lowest BCUT2D eigenvalue weighted by atomic mass is 10.5. The maximum atomic E-state index is 11.7. The molecule has 13 heavy (non-hydrogen) atoms. The van der Waals surface area contributed by atoms with Crippen LogP contribution >= 0.6 is 31.9 Å². The molecular formula is C4H5Br2F3O3S. The minimum atomic E-state index is -5.48. The van der Waals surface area contributed by atoms with Crippen molar-refractivity contribution in [3.8, 4) is 0 Å². The van der Waals surface area contributed by atoms with E-state index in [1.807, 2.05) is 0 Å². The molecule has 0 fully saturated rings. The lowest BCUT2D eigenvalue weighted by Gasteiger charge is -2.13. The molecule has 0 spiro atoms. The third kappa shape index (κ3) is 4.13. The first-order chi connectivity index (χ1) is 5.74. The lowest BCUT2D eigenvalue weighted by Crippen LogP contribution is -2.31. The van der Waals surface area contributed by atoms with Crippen LogP contribution in [-0.2, 0) is 14.3 Å². The summed E-state index contributed by atoms with van der Waals surface area (Å²) in [6.07, 6.45) is -1.06. The van der Waals surface area contributed by atoms with Crippen molar-refractivity contribution < 1.29 is 25.8 Å². The van der Waals surface area contributed by atoms with Gasteiger partial charge in [0.15, 0.2) is 0 Å². The van der Waals surface area contributed by atoms with E-state index >= 15 is 0 Å². The molecule has 0 radical (unpaired) electrons. The molecule has 80 valence electrons. The third-order valence-corrected chi connectivity index (χ3v) is 3.43. The van der Waals surface area contributed by atoms with E-state index in [-0.39, 0.29) is 10.7 Å². The van der Waals surface area contributed by atoms with Crippen molar-refractivity contribution in [3.63, 3.8) is 0 Å². The lowest BCUT2D eigenvalue weighted by molar-refractivity contribution is -0.0559. The molecule has 0 aromatic carbocycles. The van der Waals surface area contributed by atoms with E-state index in [0.29, 0.717) is 0 Å². The first kappa shape index (κ1) is 13.7. The molecule has 0 unspecified atom stereocenters. The second kappa shape index (κ2) is 4.94. The quantitative estimate of drug-likeness (QED) is 0.443. The zero-order valence-electron chi connectivity index (χ0n) is 6.01. The standard InChI is InChI=1S/C4H5Br2F3O3S/c5-1-3(2-6)12-13(10,11)4(7,8)9/h3H,1-2H2. The normalized spacial score (nSPS) is 13.7. The fourth-order valence-electron chi connectivity index (χ4n) is 0.326. The molecule has 0 rings (SSSR count).